The maximum atomic E-state index is 12.1. The van der Waals surface area contributed by atoms with Gasteiger partial charge >= 0.3 is 0 Å². The van der Waals surface area contributed by atoms with Crippen LogP contribution >= 0.6 is 11.3 Å². The number of carbonyl (C=O) groups excluding carboxylic acids is 2. The molecule has 0 spiro atoms. The van der Waals surface area contributed by atoms with E-state index in [1.807, 2.05) is 0 Å². The monoisotopic (exact) mass is 294 g/mol. The second kappa shape index (κ2) is 5.18. The van der Waals surface area contributed by atoms with Crippen LogP contribution < -0.4 is 10.6 Å². The Balaban J connectivity index is 1.60. The van der Waals surface area contributed by atoms with Gasteiger partial charge in [-0.05, 0) is 44.2 Å². The molecule has 0 bridgehead atoms. The predicted molar refractivity (Wildman–Crippen MR) is 76.8 cm³/mol. The third kappa shape index (κ3) is 2.71. The number of amides is 2. The van der Waals surface area contributed by atoms with E-state index >= 15 is 0 Å². The summed E-state index contributed by atoms with van der Waals surface area (Å²) >= 11 is 1.27. The van der Waals surface area contributed by atoms with Crippen molar-refractivity contribution in [3.8, 4) is 0 Å². The smallest absolute Gasteiger partial charge is 0.261 e. The van der Waals surface area contributed by atoms with Gasteiger partial charge in [-0.15, -0.1) is 11.3 Å². The number of hydrogen-bond donors (Lipinski definition) is 3. The Morgan fingerprint density at radius 1 is 1.35 bits per heavy atom. The fraction of sp³-hybridized carbons (Fsp3) is 0.571. The van der Waals surface area contributed by atoms with Crippen LogP contribution in [0.1, 0.15) is 41.8 Å². The minimum atomic E-state index is -0.432. The number of carbonyl (C=O) groups is 2. The van der Waals surface area contributed by atoms with Crippen molar-refractivity contribution in [2.45, 2.75) is 37.6 Å². The lowest BCUT2D eigenvalue weighted by Gasteiger charge is -2.40. The minimum Gasteiger partial charge on any atom is -0.394 e. The Hall–Kier alpha value is -1.40. The van der Waals surface area contributed by atoms with E-state index in [9.17, 15) is 14.7 Å². The quantitative estimate of drug-likeness (QED) is 0.774. The fourth-order valence-corrected chi connectivity index (χ4v) is 3.13. The Morgan fingerprint density at radius 2 is 2.10 bits per heavy atom. The molecular formula is C14H18N2O3S. The van der Waals surface area contributed by atoms with Gasteiger partial charge in [0.25, 0.3) is 5.91 Å². The third-order valence-electron chi connectivity index (χ3n) is 4.02. The Morgan fingerprint density at radius 3 is 2.65 bits per heavy atom. The molecule has 108 valence electrons. The van der Waals surface area contributed by atoms with Crippen LogP contribution in [0.4, 0.5) is 5.00 Å². The van der Waals surface area contributed by atoms with Gasteiger partial charge in [0.05, 0.1) is 22.0 Å². The summed E-state index contributed by atoms with van der Waals surface area (Å²) in [6, 6.07) is 3.47. The number of aliphatic hydroxyl groups excluding tert-OH is 1. The Kier molecular flexibility index (Phi) is 3.52. The van der Waals surface area contributed by atoms with Crippen LogP contribution in [0, 0.1) is 5.92 Å². The standard InChI is InChI=1S/C14H18N2O3S/c17-8-14(6-1-7-14)16-13(19)10-4-5-11(20-10)15-12(18)9-2-3-9/h4-5,9,17H,1-3,6-8H2,(H,15,18)(H,16,19). The molecule has 0 aliphatic heterocycles. The average molecular weight is 294 g/mol. The molecule has 5 nitrogen and oxygen atoms in total. The van der Waals surface area contributed by atoms with Gasteiger partial charge in [0, 0.05) is 5.92 Å². The molecule has 3 N–H and O–H groups in total. The maximum absolute atomic E-state index is 12.1. The van der Waals surface area contributed by atoms with Crippen molar-refractivity contribution >= 4 is 28.2 Å². The first-order valence-corrected chi connectivity index (χ1v) is 7.78. The Labute approximate surface area is 121 Å². The van der Waals surface area contributed by atoms with Gasteiger partial charge in [0.15, 0.2) is 0 Å². The second-order valence-electron chi connectivity index (χ2n) is 5.67. The number of aliphatic hydroxyl groups is 1. The lowest BCUT2D eigenvalue weighted by atomic mass is 9.77. The van der Waals surface area contributed by atoms with Gasteiger partial charge in [-0.2, -0.15) is 0 Å². The molecule has 1 aromatic rings. The lowest BCUT2D eigenvalue weighted by molar-refractivity contribution is -0.117. The molecule has 1 heterocycles. The van der Waals surface area contributed by atoms with Crippen LogP contribution in [0.5, 0.6) is 0 Å². The SMILES string of the molecule is O=C(NC1(CO)CCC1)c1ccc(NC(=O)C2CC2)s1. The molecule has 2 saturated carbocycles. The van der Waals surface area contributed by atoms with E-state index in [2.05, 4.69) is 10.6 Å². The van der Waals surface area contributed by atoms with Crippen LogP contribution in [0.25, 0.3) is 0 Å². The first kappa shape index (κ1) is 13.6. The van der Waals surface area contributed by atoms with Crippen molar-refractivity contribution in [3.63, 3.8) is 0 Å². The fourth-order valence-electron chi connectivity index (χ4n) is 2.32. The van der Waals surface area contributed by atoms with Crippen molar-refractivity contribution in [2.24, 2.45) is 5.92 Å². The number of anilines is 1. The maximum Gasteiger partial charge on any atom is 0.261 e. The predicted octanol–water partition coefficient (Wildman–Crippen LogP) is 1.74. The molecule has 2 amide bonds. The summed E-state index contributed by atoms with van der Waals surface area (Å²) in [5.41, 5.74) is -0.432. The van der Waals surface area contributed by atoms with Crippen LogP contribution in [0.15, 0.2) is 12.1 Å². The van der Waals surface area contributed by atoms with Crippen molar-refractivity contribution in [1.82, 2.24) is 5.32 Å². The molecule has 0 saturated heterocycles. The molecule has 0 atom stereocenters. The van der Waals surface area contributed by atoms with E-state index in [4.69, 9.17) is 0 Å². The zero-order valence-corrected chi connectivity index (χ0v) is 12.0. The molecule has 0 aromatic carbocycles. The topological polar surface area (TPSA) is 78.4 Å². The third-order valence-corrected chi connectivity index (χ3v) is 5.02. The largest absolute Gasteiger partial charge is 0.394 e. The molecule has 1 aromatic heterocycles. The number of hydrogen-bond acceptors (Lipinski definition) is 4. The highest BCUT2D eigenvalue weighted by molar-refractivity contribution is 7.18. The first-order valence-electron chi connectivity index (χ1n) is 6.96. The van der Waals surface area contributed by atoms with E-state index in [0.29, 0.717) is 9.88 Å². The van der Waals surface area contributed by atoms with Gasteiger partial charge in [-0.3, -0.25) is 9.59 Å². The van der Waals surface area contributed by atoms with E-state index in [0.717, 1.165) is 32.1 Å². The van der Waals surface area contributed by atoms with Crippen molar-refractivity contribution in [3.05, 3.63) is 17.0 Å². The minimum absolute atomic E-state index is 0.0185. The zero-order chi connectivity index (χ0) is 14.2. The van der Waals surface area contributed by atoms with E-state index < -0.39 is 5.54 Å². The second-order valence-corrected chi connectivity index (χ2v) is 6.76. The van der Waals surface area contributed by atoms with Gasteiger partial charge in [0.2, 0.25) is 5.91 Å². The average Bonchev–Trinajstić information content (AvgIpc) is 3.14. The van der Waals surface area contributed by atoms with E-state index in [-0.39, 0.29) is 24.3 Å². The number of rotatable bonds is 5. The van der Waals surface area contributed by atoms with Crippen LogP contribution in [-0.2, 0) is 4.79 Å². The van der Waals surface area contributed by atoms with Crippen LogP contribution in [0.2, 0.25) is 0 Å². The molecule has 2 aliphatic rings. The summed E-state index contributed by atoms with van der Waals surface area (Å²) in [6.07, 6.45) is 4.61. The summed E-state index contributed by atoms with van der Waals surface area (Å²) in [5.74, 6) is 0.0299. The summed E-state index contributed by atoms with van der Waals surface area (Å²) in [4.78, 5) is 24.3. The van der Waals surface area contributed by atoms with Crippen LogP contribution in [0.3, 0.4) is 0 Å². The zero-order valence-electron chi connectivity index (χ0n) is 11.1. The Bertz CT molecular complexity index is 527. The summed E-state index contributed by atoms with van der Waals surface area (Å²) in [5, 5.41) is 15.8. The van der Waals surface area contributed by atoms with Gasteiger partial charge < -0.3 is 15.7 Å². The normalized spacial score (nSPS) is 20.1. The number of thiophene rings is 1. The summed E-state index contributed by atoms with van der Waals surface area (Å²) < 4.78 is 0. The highest BCUT2D eigenvalue weighted by Gasteiger charge is 2.38. The van der Waals surface area contributed by atoms with Gasteiger partial charge in [-0.25, -0.2) is 0 Å². The molecule has 20 heavy (non-hydrogen) atoms. The molecule has 2 aliphatic carbocycles. The van der Waals surface area contributed by atoms with Crippen molar-refractivity contribution in [1.29, 1.82) is 0 Å². The van der Waals surface area contributed by atoms with E-state index in [1.165, 1.54) is 11.3 Å². The van der Waals surface area contributed by atoms with Crippen LogP contribution in [-0.4, -0.2) is 29.1 Å². The summed E-state index contributed by atoms with van der Waals surface area (Å²) in [7, 11) is 0. The van der Waals surface area contributed by atoms with Crippen molar-refractivity contribution in [2.75, 3.05) is 11.9 Å². The molecule has 2 fully saturated rings. The summed E-state index contributed by atoms with van der Waals surface area (Å²) in [6.45, 7) is -0.0185. The van der Waals surface area contributed by atoms with E-state index in [1.54, 1.807) is 12.1 Å². The molecule has 6 heteroatoms. The van der Waals surface area contributed by atoms with Gasteiger partial charge in [0.1, 0.15) is 0 Å². The first-order chi connectivity index (χ1) is 9.62. The molecular weight excluding hydrogens is 276 g/mol. The molecule has 3 rings (SSSR count). The highest BCUT2D eigenvalue weighted by Crippen LogP contribution is 2.33. The van der Waals surface area contributed by atoms with Crippen molar-refractivity contribution < 1.29 is 14.7 Å². The van der Waals surface area contributed by atoms with Gasteiger partial charge in [-0.1, -0.05) is 0 Å². The molecule has 0 radical (unpaired) electrons. The number of nitrogens with one attached hydrogen (secondary N) is 2. The lowest BCUT2D eigenvalue weighted by Crippen LogP contribution is -2.56. The molecule has 0 unspecified atom stereocenters. The highest BCUT2D eigenvalue weighted by atomic mass is 32.1.